The maximum absolute atomic E-state index is 12.8. The first-order valence-corrected chi connectivity index (χ1v) is 8.45. The number of hydrogen-bond acceptors (Lipinski definition) is 5. The number of aromatic nitrogens is 5. The summed E-state index contributed by atoms with van der Waals surface area (Å²) in [4.78, 5) is 12.8. The van der Waals surface area contributed by atoms with Crippen molar-refractivity contribution >= 4 is 11.6 Å². The van der Waals surface area contributed by atoms with E-state index in [1.54, 1.807) is 7.11 Å². The van der Waals surface area contributed by atoms with Crippen LogP contribution in [0.3, 0.4) is 0 Å². The van der Waals surface area contributed by atoms with Gasteiger partial charge in [0.2, 0.25) is 0 Å². The average molecular weight is 362 g/mol. The normalized spacial score (nSPS) is 12.1. The molecule has 3 heterocycles. The second kappa shape index (κ2) is 6.91. The van der Waals surface area contributed by atoms with Gasteiger partial charge < -0.3 is 10.1 Å². The molecule has 4 rings (SSSR count). The summed E-state index contributed by atoms with van der Waals surface area (Å²) < 4.78 is 7.02. The molecule has 4 aromatic rings. The van der Waals surface area contributed by atoms with Crippen molar-refractivity contribution in [1.29, 1.82) is 0 Å². The maximum Gasteiger partial charge on any atom is 0.255 e. The lowest BCUT2D eigenvalue weighted by Gasteiger charge is -2.12. The first-order chi connectivity index (χ1) is 13.2. The molecule has 0 unspecified atom stereocenters. The zero-order valence-electron chi connectivity index (χ0n) is 14.9. The second-order valence-corrected chi connectivity index (χ2v) is 6.07. The van der Waals surface area contributed by atoms with E-state index in [2.05, 4.69) is 25.7 Å². The van der Waals surface area contributed by atoms with Crippen LogP contribution < -0.4 is 10.1 Å². The number of methoxy groups -OCH3 is 1. The topological polar surface area (TPSA) is 97.2 Å². The predicted molar refractivity (Wildman–Crippen MR) is 99.4 cm³/mol. The Labute approximate surface area is 155 Å². The molecule has 0 spiro atoms. The van der Waals surface area contributed by atoms with E-state index in [4.69, 9.17) is 4.74 Å². The van der Waals surface area contributed by atoms with Crippen LogP contribution in [-0.2, 0) is 0 Å². The first-order valence-electron chi connectivity index (χ1n) is 8.45. The summed E-state index contributed by atoms with van der Waals surface area (Å²) >= 11 is 0. The van der Waals surface area contributed by atoms with Crippen LogP contribution in [-0.4, -0.2) is 37.8 Å². The van der Waals surface area contributed by atoms with E-state index < -0.39 is 0 Å². The quantitative estimate of drug-likeness (QED) is 0.569. The van der Waals surface area contributed by atoms with Gasteiger partial charge in [0.05, 0.1) is 30.6 Å². The van der Waals surface area contributed by atoms with Gasteiger partial charge in [-0.1, -0.05) is 6.07 Å². The molecule has 8 heteroatoms. The lowest BCUT2D eigenvalue weighted by Crippen LogP contribution is -2.28. The minimum Gasteiger partial charge on any atom is -0.497 e. The van der Waals surface area contributed by atoms with Gasteiger partial charge in [-0.25, -0.2) is 0 Å². The minimum absolute atomic E-state index is 0.241. The van der Waals surface area contributed by atoms with Crippen LogP contribution in [0.4, 0.5) is 0 Å². The van der Waals surface area contributed by atoms with Crippen LogP contribution in [0.1, 0.15) is 29.1 Å². The number of nitrogens with one attached hydrogen (secondary N) is 2. The van der Waals surface area contributed by atoms with E-state index >= 15 is 0 Å². The van der Waals surface area contributed by atoms with Crippen molar-refractivity contribution in [2.24, 2.45) is 0 Å². The van der Waals surface area contributed by atoms with Gasteiger partial charge in [0.1, 0.15) is 5.75 Å². The Balaban J connectivity index is 1.57. The molecule has 0 radical (unpaired) electrons. The van der Waals surface area contributed by atoms with Crippen LogP contribution >= 0.6 is 0 Å². The lowest BCUT2D eigenvalue weighted by molar-refractivity contribution is 0.0939. The Kier molecular flexibility index (Phi) is 4.29. The number of carbonyl (C=O) groups is 1. The summed E-state index contributed by atoms with van der Waals surface area (Å²) in [6.07, 6.45) is 3.39. The molecule has 1 atom stereocenters. The molecule has 136 valence electrons. The summed E-state index contributed by atoms with van der Waals surface area (Å²) in [5.74, 6) is 1.17. The molecular weight excluding hydrogens is 344 g/mol. The monoisotopic (exact) mass is 362 g/mol. The van der Waals surface area contributed by atoms with Crippen molar-refractivity contribution in [2.75, 3.05) is 7.11 Å². The highest BCUT2D eigenvalue weighted by atomic mass is 16.5. The van der Waals surface area contributed by atoms with Gasteiger partial charge in [0, 0.05) is 11.8 Å². The Morgan fingerprint density at radius 2 is 2.00 bits per heavy atom. The summed E-state index contributed by atoms with van der Waals surface area (Å²) in [5, 5.41) is 18.2. The maximum atomic E-state index is 12.8. The van der Waals surface area contributed by atoms with Crippen LogP contribution in [0.25, 0.3) is 16.9 Å². The number of H-pyrrole nitrogens is 1. The van der Waals surface area contributed by atoms with Gasteiger partial charge >= 0.3 is 0 Å². The van der Waals surface area contributed by atoms with E-state index in [1.807, 2.05) is 60.0 Å². The molecule has 3 aromatic heterocycles. The number of amides is 1. The largest absolute Gasteiger partial charge is 0.497 e. The lowest BCUT2D eigenvalue weighted by atomic mass is 10.1. The van der Waals surface area contributed by atoms with E-state index in [-0.39, 0.29) is 11.9 Å². The summed E-state index contributed by atoms with van der Waals surface area (Å²) in [5.41, 5.74) is 2.68. The Morgan fingerprint density at radius 3 is 2.78 bits per heavy atom. The number of ether oxygens (including phenoxy) is 1. The number of pyridine rings is 1. The molecule has 2 N–H and O–H groups in total. The summed E-state index contributed by atoms with van der Waals surface area (Å²) in [6.45, 7) is 1.87. The summed E-state index contributed by atoms with van der Waals surface area (Å²) in [6, 6.07) is 12.7. The van der Waals surface area contributed by atoms with Crippen LogP contribution in [0.15, 0.2) is 54.9 Å². The van der Waals surface area contributed by atoms with Crippen molar-refractivity contribution in [3.63, 3.8) is 0 Å². The molecule has 0 bridgehead atoms. The van der Waals surface area contributed by atoms with Crippen molar-refractivity contribution in [3.05, 3.63) is 66.2 Å². The number of nitrogens with zero attached hydrogens (tertiary/aromatic N) is 4. The van der Waals surface area contributed by atoms with Gasteiger partial charge in [0.15, 0.2) is 11.5 Å². The molecule has 1 aromatic carbocycles. The fourth-order valence-electron chi connectivity index (χ4n) is 2.93. The number of benzene rings is 1. The standard InChI is InChI=1S/C19H18N6O2/c1-12(18-24-22-16-5-3-4-10-25(16)18)21-19(26)15-11-20-23-17(15)13-6-8-14(27-2)9-7-13/h3-12H,1-2H3,(H,20,23)(H,21,26)/t12-/m1/s1. The molecule has 0 saturated heterocycles. The smallest absolute Gasteiger partial charge is 0.255 e. The Hall–Kier alpha value is -3.68. The molecule has 0 aliphatic rings. The molecule has 0 aliphatic heterocycles. The predicted octanol–water partition coefficient (Wildman–Crippen LogP) is 2.62. The minimum atomic E-state index is -0.325. The molecule has 8 nitrogen and oxygen atoms in total. The van der Waals surface area contributed by atoms with Gasteiger partial charge in [0.25, 0.3) is 5.91 Å². The fraction of sp³-hybridized carbons (Fsp3) is 0.158. The van der Waals surface area contributed by atoms with Crippen LogP contribution in [0, 0.1) is 0 Å². The third kappa shape index (κ3) is 3.12. The second-order valence-electron chi connectivity index (χ2n) is 6.07. The number of carbonyl (C=O) groups excluding carboxylic acids is 1. The third-order valence-electron chi connectivity index (χ3n) is 4.34. The summed E-state index contributed by atoms with van der Waals surface area (Å²) in [7, 11) is 1.61. The van der Waals surface area contributed by atoms with Crippen molar-refractivity contribution in [2.45, 2.75) is 13.0 Å². The zero-order chi connectivity index (χ0) is 18.8. The molecule has 0 fully saturated rings. The van der Waals surface area contributed by atoms with Gasteiger partial charge in [-0.3, -0.25) is 14.3 Å². The highest BCUT2D eigenvalue weighted by Gasteiger charge is 2.20. The molecule has 27 heavy (non-hydrogen) atoms. The molecule has 1 amide bonds. The van der Waals surface area contributed by atoms with Gasteiger partial charge in [-0.15, -0.1) is 10.2 Å². The number of aromatic amines is 1. The van der Waals surface area contributed by atoms with E-state index in [9.17, 15) is 4.79 Å². The molecule has 0 aliphatic carbocycles. The van der Waals surface area contributed by atoms with Crippen LogP contribution in [0.2, 0.25) is 0 Å². The van der Waals surface area contributed by atoms with E-state index in [1.165, 1.54) is 6.20 Å². The van der Waals surface area contributed by atoms with E-state index in [0.717, 1.165) is 17.0 Å². The van der Waals surface area contributed by atoms with Crippen molar-refractivity contribution in [1.82, 2.24) is 30.1 Å². The Morgan fingerprint density at radius 1 is 1.19 bits per heavy atom. The third-order valence-corrected chi connectivity index (χ3v) is 4.34. The number of fused-ring (bicyclic) bond motifs is 1. The van der Waals surface area contributed by atoms with Gasteiger partial charge in [-0.05, 0) is 43.3 Å². The Bertz CT molecular complexity index is 1080. The average Bonchev–Trinajstić information content (AvgIpc) is 3.35. The molecule has 0 saturated carbocycles. The van der Waals surface area contributed by atoms with Crippen molar-refractivity contribution in [3.8, 4) is 17.0 Å². The fourth-order valence-corrected chi connectivity index (χ4v) is 2.93. The number of rotatable bonds is 5. The zero-order valence-corrected chi connectivity index (χ0v) is 14.9. The number of hydrogen-bond donors (Lipinski definition) is 2. The SMILES string of the molecule is COc1ccc(-c2[nH]ncc2C(=O)N[C@H](C)c2nnc3ccccn23)cc1. The first kappa shape index (κ1) is 16.8. The highest BCUT2D eigenvalue weighted by molar-refractivity contribution is 5.99. The van der Waals surface area contributed by atoms with Gasteiger partial charge in [-0.2, -0.15) is 5.10 Å². The van der Waals surface area contributed by atoms with Crippen molar-refractivity contribution < 1.29 is 9.53 Å². The van der Waals surface area contributed by atoms with Crippen LogP contribution in [0.5, 0.6) is 5.75 Å². The van der Waals surface area contributed by atoms with E-state index in [0.29, 0.717) is 17.1 Å². The highest BCUT2D eigenvalue weighted by Crippen LogP contribution is 2.24. The molecular formula is C19H18N6O2.